The molecule has 19 heavy (non-hydrogen) atoms. The zero-order valence-corrected chi connectivity index (χ0v) is 10.3. The van der Waals surface area contributed by atoms with Crippen LogP contribution in [0.1, 0.15) is 43.2 Å². The number of anilines is 1. The normalized spacial score (nSPS) is 21.3. The molecule has 1 N–H and O–H groups in total. The first-order valence-electron chi connectivity index (χ1n) is 6.47. The summed E-state index contributed by atoms with van der Waals surface area (Å²) in [5.41, 5.74) is -0.325. The van der Waals surface area contributed by atoms with E-state index in [1.54, 1.807) is 0 Å². The summed E-state index contributed by atoms with van der Waals surface area (Å²) >= 11 is 0. The van der Waals surface area contributed by atoms with Crippen LogP contribution in [0.5, 0.6) is 0 Å². The van der Waals surface area contributed by atoms with E-state index in [9.17, 15) is 18.0 Å². The third-order valence-corrected chi connectivity index (χ3v) is 4.25. The van der Waals surface area contributed by atoms with Gasteiger partial charge in [0.2, 0.25) is 5.91 Å². The van der Waals surface area contributed by atoms with Gasteiger partial charge in [0.25, 0.3) is 0 Å². The maximum atomic E-state index is 12.8. The van der Waals surface area contributed by atoms with Crippen molar-refractivity contribution in [3.05, 3.63) is 29.3 Å². The predicted molar refractivity (Wildman–Crippen MR) is 64.8 cm³/mol. The maximum absolute atomic E-state index is 12.8. The average Bonchev–Trinajstić information content (AvgIpc) is 2.62. The number of carbonyl (C=O) groups excluding carboxylic acids is 1. The van der Waals surface area contributed by atoms with E-state index in [0.29, 0.717) is 24.1 Å². The third-order valence-electron chi connectivity index (χ3n) is 4.25. The van der Waals surface area contributed by atoms with E-state index >= 15 is 0 Å². The summed E-state index contributed by atoms with van der Waals surface area (Å²) in [6.07, 6.45) is -0.244. The standard InChI is InChI=1S/C14H14F3NO/c15-14(16,17)9-4-5-11-10(8-9)13(12(19)18-11)6-2-1-3-7-13/h4-5,8H,1-3,6-7H2,(H,18,19). The zero-order chi connectivity index (χ0) is 13.7. The lowest BCUT2D eigenvalue weighted by Gasteiger charge is -2.31. The Morgan fingerprint density at radius 1 is 1.11 bits per heavy atom. The van der Waals surface area contributed by atoms with Crippen molar-refractivity contribution in [2.75, 3.05) is 5.32 Å². The van der Waals surface area contributed by atoms with Gasteiger partial charge in [0.05, 0.1) is 11.0 Å². The van der Waals surface area contributed by atoms with Crippen LogP contribution in [0.25, 0.3) is 0 Å². The third kappa shape index (κ3) is 1.83. The molecule has 1 aromatic carbocycles. The van der Waals surface area contributed by atoms with Gasteiger partial charge in [-0.1, -0.05) is 19.3 Å². The van der Waals surface area contributed by atoms with Gasteiger partial charge in [-0.25, -0.2) is 0 Å². The molecule has 1 saturated carbocycles. The van der Waals surface area contributed by atoms with Crippen LogP contribution in [0, 0.1) is 0 Å². The summed E-state index contributed by atoms with van der Waals surface area (Å²) in [5, 5.41) is 2.73. The van der Waals surface area contributed by atoms with E-state index in [2.05, 4.69) is 5.32 Å². The zero-order valence-electron chi connectivity index (χ0n) is 10.3. The summed E-state index contributed by atoms with van der Waals surface area (Å²) < 4.78 is 38.4. The Hall–Kier alpha value is -1.52. The molecular formula is C14H14F3NO. The number of benzene rings is 1. The first-order chi connectivity index (χ1) is 8.93. The molecule has 1 aliphatic heterocycles. The number of alkyl halides is 3. The monoisotopic (exact) mass is 269 g/mol. The minimum absolute atomic E-state index is 0.137. The smallest absolute Gasteiger partial charge is 0.325 e. The largest absolute Gasteiger partial charge is 0.416 e. The van der Waals surface area contributed by atoms with Crippen molar-refractivity contribution in [2.45, 2.75) is 43.7 Å². The van der Waals surface area contributed by atoms with Gasteiger partial charge < -0.3 is 5.32 Å². The molecule has 1 aliphatic carbocycles. The summed E-state index contributed by atoms with van der Waals surface area (Å²) in [4.78, 5) is 12.2. The molecule has 2 aliphatic rings. The molecule has 1 fully saturated rings. The first-order valence-corrected chi connectivity index (χ1v) is 6.47. The Balaban J connectivity index is 2.11. The summed E-state index contributed by atoms with van der Waals surface area (Å²) in [5.74, 6) is -0.137. The minimum atomic E-state index is -4.36. The van der Waals surface area contributed by atoms with Gasteiger partial charge in [0.1, 0.15) is 0 Å². The summed E-state index contributed by atoms with van der Waals surface area (Å²) in [6, 6.07) is 3.55. The van der Waals surface area contributed by atoms with Crippen molar-refractivity contribution in [2.24, 2.45) is 0 Å². The second kappa shape index (κ2) is 3.99. The lowest BCUT2D eigenvalue weighted by molar-refractivity contribution is -0.137. The molecule has 0 saturated heterocycles. The van der Waals surface area contributed by atoms with E-state index in [1.807, 2.05) is 0 Å². The fourth-order valence-electron chi connectivity index (χ4n) is 3.24. The SMILES string of the molecule is O=C1Nc2ccc(C(F)(F)F)cc2C12CCCCC2. The molecule has 102 valence electrons. The molecule has 1 spiro atoms. The van der Waals surface area contributed by atoms with Crippen molar-refractivity contribution < 1.29 is 18.0 Å². The molecule has 0 unspecified atom stereocenters. The fourth-order valence-corrected chi connectivity index (χ4v) is 3.24. The molecule has 1 aromatic rings. The van der Waals surface area contributed by atoms with Crippen LogP contribution in [-0.2, 0) is 16.4 Å². The van der Waals surface area contributed by atoms with Crippen LogP contribution in [0.4, 0.5) is 18.9 Å². The number of amides is 1. The average molecular weight is 269 g/mol. The van der Waals surface area contributed by atoms with Crippen molar-refractivity contribution in [3.63, 3.8) is 0 Å². The molecular weight excluding hydrogens is 255 g/mol. The van der Waals surface area contributed by atoms with Gasteiger partial charge in [0, 0.05) is 5.69 Å². The Bertz CT molecular complexity index is 530. The van der Waals surface area contributed by atoms with Gasteiger partial charge in [-0.15, -0.1) is 0 Å². The lowest BCUT2D eigenvalue weighted by Crippen LogP contribution is -2.36. The highest BCUT2D eigenvalue weighted by Gasteiger charge is 2.48. The van der Waals surface area contributed by atoms with Gasteiger partial charge in [0.15, 0.2) is 0 Å². The topological polar surface area (TPSA) is 29.1 Å². The van der Waals surface area contributed by atoms with Gasteiger partial charge in [-0.3, -0.25) is 4.79 Å². The number of nitrogens with one attached hydrogen (secondary N) is 1. The number of hydrogen-bond acceptors (Lipinski definition) is 1. The van der Waals surface area contributed by atoms with Crippen LogP contribution in [0.15, 0.2) is 18.2 Å². The number of fused-ring (bicyclic) bond motifs is 2. The quantitative estimate of drug-likeness (QED) is 0.761. The highest BCUT2D eigenvalue weighted by atomic mass is 19.4. The molecule has 5 heteroatoms. The molecule has 1 heterocycles. The Morgan fingerprint density at radius 2 is 1.79 bits per heavy atom. The molecule has 1 amide bonds. The van der Waals surface area contributed by atoms with Crippen LogP contribution >= 0.6 is 0 Å². The number of rotatable bonds is 0. The lowest BCUT2D eigenvalue weighted by atomic mass is 9.70. The van der Waals surface area contributed by atoms with E-state index in [1.165, 1.54) is 6.07 Å². The Kier molecular flexibility index (Phi) is 2.62. The van der Waals surface area contributed by atoms with Crippen molar-refractivity contribution in [1.29, 1.82) is 0 Å². The van der Waals surface area contributed by atoms with E-state index in [0.717, 1.165) is 31.4 Å². The van der Waals surface area contributed by atoms with Gasteiger partial charge in [-0.05, 0) is 36.6 Å². The summed E-state index contributed by atoms with van der Waals surface area (Å²) in [7, 11) is 0. The number of carbonyl (C=O) groups is 1. The highest BCUT2D eigenvalue weighted by Crippen LogP contribution is 2.48. The Morgan fingerprint density at radius 3 is 2.42 bits per heavy atom. The molecule has 0 radical (unpaired) electrons. The van der Waals surface area contributed by atoms with E-state index in [-0.39, 0.29) is 5.91 Å². The van der Waals surface area contributed by atoms with Gasteiger partial charge >= 0.3 is 6.18 Å². The van der Waals surface area contributed by atoms with E-state index in [4.69, 9.17) is 0 Å². The highest BCUT2D eigenvalue weighted by molar-refractivity contribution is 6.06. The Labute approximate surface area is 109 Å². The fraction of sp³-hybridized carbons (Fsp3) is 0.500. The molecule has 0 aromatic heterocycles. The molecule has 3 rings (SSSR count). The van der Waals surface area contributed by atoms with E-state index < -0.39 is 17.2 Å². The first kappa shape index (κ1) is 12.5. The van der Waals surface area contributed by atoms with Crippen LogP contribution in [0.2, 0.25) is 0 Å². The van der Waals surface area contributed by atoms with Crippen LogP contribution in [0.3, 0.4) is 0 Å². The second-order valence-corrected chi connectivity index (χ2v) is 5.36. The number of hydrogen-bond donors (Lipinski definition) is 1. The molecule has 0 atom stereocenters. The maximum Gasteiger partial charge on any atom is 0.416 e. The van der Waals surface area contributed by atoms with Crippen molar-refractivity contribution in [3.8, 4) is 0 Å². The van der Waals surface area contributed by atoms with Crippen LogP contribution in [-0.4, -0.2) is 5.91 Å². The molecule has 2 nitrogen and oxygen atoms in total. The summed E-state index contributed by atoms with van der Waals surface area (Å²) in [6.45, 7) is 0. The molecule has 0 bridgehead atoms. The van der Waals surface area contributed by atoms with Crippen molar-refractivity contribution >= 4 is 11.6 Å². The number of halogens is 3. The predicted octanol–water partition coefficient (Wildman–Crippen LogP) is 3.86. The van der Waals surface area contributed by atoms with Crippen molar-refractivity contribution in [1.82, 2.24) is 0 Å². The minimum Gasteiger partial charge on any atom is -0.325 e. The van der Waals surface area contributed by atoms with Gasteiger partial charge in [-0.2, -0.15) is 13.2 Å². The second-order valence-electron chi connectivity index (χ2n) is 5.36. The van der Waals surface area contributed by atoms with Crippen LogP contribution < -0.4 is 5.32 Å².